The van der Waals surface area contributed by atoms with E-state index in [1.54, 1.807) is 32.7 Å². The van der Waals surface area contributed by atoms with E-state index in [0.29, 0.717) is 30.1 Å². The minimum atomic E-state index is 0.159. The van der Waals surface area contributed by atoms with Crippen molar-refractivity contribution in [3.05, 3.63) is 101 Å². The molecule has 2 aliphatic heterocycles. The van der Waals surface area contributed by atoms with Gasteiger partial charge in [-0.1, -0.05) is 74.6 Å². The first-order valence-corrected chi connectivity index (χ1v) is 27.1. The fourth-order valence-corrected chi connectivity index (χ4v) is 9.37. The Hall–Kier alpha value is -4.83. The van der Waals surface area contributed by atoms with Gasteiger partial charge in [-0.2, -0.15) is 10.5 Å². The summed E-state index contributed by atoms with van der Waals surface area (Å²) < 4.78 is 14.3. The number of piperazine rings is 2. The molecule has 5 heterocycles. The van der Waals surface area contributed by atoms with Crippen LogP contribution in [0, 0.1) is 34.5 Å². The second-order valence-corrected chi connectivity index (χ2v) is 18.3. The van der Waals surface area contributed by atoms with Crippen LogP contribution in [0.4, 0.5) is 5.82 Å². The molecular formula is C52H64CuIN12O2. The molecule has 4 aliphatic rings. The zero-order chi connectivity index (χ0) is 47.5. The van der Waals surface area contributed by atoms with Crippen LogP contribution >= 0.6 is 20.3 Å². The number of aromatic nitrogens is 5. The summed E-state index contributed by atoms with van der Waals surface area (Å²) in [6.07, 6.45) is 15.4. The first kappa shape index (κ1) is 51.0. The number of ether oxygens (including phenoxy) is 2. The predicted octanol–water partition coefficient (Wildman–Crippen LogP) is 8.29. The third-order valence-electron chi connectivity index (χ3n) is 13.3. The summed E-state index contributed by atoms with van der Waals surface area (Å²) >= 11 is 5.87. The molecule has 0 unspecified atom stereocenters. The van der Waals surface area contributed by atoms with Gasteiger partial charge in [-0.3, -0.25) is 9.80 Å². The molecule has 68 heavy (non-hydrogen) atoms. The number of hydrogen-bond acceptors (Lipinski definition) is 13. The Bertz CT molecular complexity index is 2490. The number of benzene rings is 2. The second kappa shape index (κ2) is 26.8. The van der Waals surface area contributed by atoms with Gasteiger partial charge in [-0.05, 0) is 81.2 Å². The molecule has 0 radical (unpaired) electrons. The maximum absolute atomic E-state index is 9.28. The van der Waals surface area contributed by atoms with Gasteiger partial charge in [-0.15, -0.1) is 0 Å². The van der Waals surface area contributed by atoms with Gasteiger partial charge in [0.1, 0.15) is 48.3 Å². The molecule has 2 aromatic carbocycles. The van der Waals surface area contributed by atoms with Crippen LogP contribution in [0.3, 0.4) is 0 Å². The van der Waals surface area contributed by atoms with Gasteiger partial charge in [0.2, 0.25) is 11.6 Å². The molecule has 9 rings (SSSR count). The van der Waals surface area contributed by atoms with E-state index in [1.165, 1.54) is 49.7 Å². The summed E-state index contributed by atoms with van der Waals surface area (Å²) in [6.45, 7) is 11.7. The van der Waals surface area contributed by atoms with Crippen LogP contribution < -0.4 is 14.8 Å². The standard InChI is InChI=1S/2C26H32N6O.Cu.HI/c1-30-11-13-31(14-12-30)18-20-7-9-24(10-8-20)33-19-23-15-21-17-28-25(16-27)29-26(21)32(23)22-5-3-2-4-6-22;1-31-13-15-32(16-14-31)20-21-9-11-24(12-10-21)33-17-5-6-22-19-28-25(18-27)30-26(22)29-23-7-3-2-4-8-23;;/h7-10,15,17,22H,2-6,11-14,18-19H2,1H3;9-12,19,23H,2-4,7-8,13-17,20H2,1H3,(H,28,29,30);;1H/q;;+1;/p-1. The van der Waals surface area contributed by atoms with E-state index in [-0.39, 0.29) is 18.3 Å². The average molecular weight is 1080 g/mol. The van der Waals surface area contributed by atoms with Crippen molar-refractivity contribution in [2.75, 3.05) is 78.4 Å². The van der Waals surface area contributed by atoms with Gasteiger partial charge in [0.15, 0.2) is 0 Å². The Morgan fingerprint density at radius 3 is 1.78 bits per heavy atom. The number of halogens is 1. The van der Waals surface area contributed by atoms with Crippen molar-refractivity contribution in [3.63, 3.8) is 0 Å². The van der Waals surface area contributed by atoms with Crippen LogP contribution in [-0.4, -0.2) is 123 Å². The van der Waals surface area contributed by atoms with E-state index in [4.69, 9.17) is 14.7 Å². The Labute approximate surface area is 422 Å². The molecule has 0 amide bonds. The quantitative estimate of drug-likeness (QED) is 0.0727. The molecule has 4 fully saturated rings. The Morgan fingerprint density at radius 2 is 1.21 bits per heavy atom. The number of nitrogens with zero attached hydrogens (tertiary/aromatic N) is 11. The van der Waals surface area contributed by atoms with Crippen LogP contribution in [0.1, 0.15) is 104 Å². The van der Waals surface area contributed by atoms with E-state index in [1.807, 2.05) is 18.2 Å². The van der Waals surface area contributed by atoms with Gasteiger partial charge >= 0.3 is 33.1 Å². The molecule has 2 aliphatic carbocycles. The zero-order valence-electron chi connectivity index (χ0n) is 39.5. The van der Waals surface area contributed by atoms with E-state index < -0.39 is 0 Å². The van der Waals surface area contributed by atoms with Crippen molar-refractivity contribution in [2.24, 2.45) is 0 Å². The molecule has 16 heteroatoms. The van der Waals surface area contributed by atoms with Crippen molar-refractivity contribution in [3.8, 4) is 35.5 Å². The fraction of sp³-hybridized carbons (Fsp3) is 0.500. The first-order valence-electron chi connectivity index (χ1n) is 24.1. The SMILES string of the molecule is CN1CCN(Cc2ccc(OCC#Cc3cnc(C#N)nc3NC3CCCCC3)cc2)CC1.CN1CCN(Cc2ccc(OCc3cc4cnc(C#N)nc4n3C3CCCCC3)cc2)CC1.[Cu][I]. The zero-order valence-corrected chi connectivity index (χ0v) is 42.6. The van der Waals surface area contributed by atoms with Crippen molar-refractivity contribution < 1.29 is 22.2 Å². The molecule has 14 nitrogen and oxygen atoms in total. The molecule has 2 saturated heterocycles. The number of anilines is 1. The van der Waals surface area contributed by atoms with Crippen LogP contribution in [0.15, 0.2) is 67.0 Å². The summed E-state index contributed by atoms with van der Waals surface area (Å²) in [5, 5.41) is 22.9. The number of likely N-dealkylation sites (N-methyl/N-ethyl adjacent to an activating group) is 2. The maximum atomic E-state index is 9.28. The van der Waals surface area contributed by atoms with Gasteiger partial charge in [-0.25, -0.2) is 19.9 Å². The number of nitrogens with one attached hydrogen (secondary N) is 1. The van der Waals surface area contributed by atoms with Gasteiger partial charge in [0.25, 0.3) is 0 Å². The van der Waals surface area contributed by atoms with Gasteiger partial charge < -0.3 is 29.2 Å². The fourth-order valence-electron chi connectivity index (χ4n) is 9.37. The van der Waals surface area contributed by atoms with Crippen LogP contribution in [0.2, 0.25) is 0 Å². The predicted molar refractivity (Wildman–Crippen MR) is 271 cm³/mol. The monoisotopic (exact) mass is 1080 g/mol. The summed E-state index contributed by atoms with van der Waals surface area (Å²) in [6, 6.07) is 23.8. The summed E-state index contributed by atoms with van der Waals surface area (Å²) in [4.78, 5) is 26.9. The van der Waals surface area contributed by atoms with Crippen LogP contribution in [0.5, 0.6) is 11.5 Å². The summed E-state index contributed by atoms with van der Waals surface area (Å²) in [7, 11) is 4.36. The number of nitriles is 2. The third-order valence-corrected chi connectivity index (χ3v) is 13.3. The number of fused-ring (bicyclic) bond motifs is 1. The Balaban J connectivity index is 0.000000194. The van der Waals surface area contributed by atoms with Crippen LogP contribution in [0.25, 0.3) is 11.0 Å². The Morgan fingerprint density at radius 1 is 0.676 bits per heavy atom. The van der Waals surface area contributed by atoms with Crippen LogP contribution in [-0.2, 0) is 32.5 Å². The van der Waals surface area contributed by atoms with E-state index in [2.05, 4.69) is 137 Å². The normalized spacial score (nSPS) is 17.6. The minimum absolute atomic E-state index is 0.159. The number of hydrogen-bond donors (Lipinski definition) is 1. The average Bonchev–Trinajstić information content (AvgIpc) is 3.76. The molecule has 362 valence electrons. The van der Waals surface area contributed by atoms with Crippen molar-refractivity contribution in [2.45, 2.75) is 96.0 Å². The molecule has 0 atom stereocenters. The van der Waals surface area contributed by atoms with Gasteiger partial charge in [0, 0.05) is 95.3 Å². The third kappa shape index (κ3) is 15.1. The molecule has 5 aromatic rings. The molecule has 0 spiro atoms. The Kier molecular flexibility index (Phi) is 20.1. The van der Waals surface area contributed by atoms with E-state index >= 15 is 0 Å². The van der Waals surface area contributed by atoms with Crippen molar-refractivity contribution in [1.82, 2.24) is 44.1 Å². The molecular weight excluding hydrogens is 1020 g/mol. The molecule has 0 bridgehead atoms. The second-order valence-electron chi connectivity index (χ2n) is 18.3. The summed E-state index contributed by atoms with van der Waals surface area (Å²) in [5.41, 5.74) is 5.27. The molecule has 3 aromatic heterocycles. The van der Waals surface area contributed by atoms with Crippen molar-refractivity contribution in [1.29, 1.82) is 10.5 Å². The number of rotatable bonds is 12. The molecule has 1 N–H and O–H groups in total. The van der Waals surface area contributed by atoms with Crippen molar-refractivity contribution >= 4 is 37.2 Å². The van der Waals surface area contributed by atoms with E-state index in [9.17, 15) is 5.26 Å². The molecule has 2 saturated carbocycles. The summed E-state index contributed by atoms with van der Waals surface area (Å²) in [5.74, 6) is 8.89. The van der Waals surface area contributed by atoms with Gasteiger partial charge in [0.05, 0.1) is 11.3 Å². The van der Waals surface area contributed by atoms with E-state index in [0.717, 1.165) is 119 Å². The first-order chi connectivity index (χ1) is 33.4. The topological polar surface area (TPSA) is 148 Å².